The van der Waals surface area contributed by atoms with E-state index in [1.807, 2.05) is 0 Å². The molecule has 1 aliphatic carbocycles. The molecule has 0 heterocycles. The normalized spacial score (nSPS) is 24.3. The molecule has 0 N–H and O–H groups in total. The Bertz CT molecular complexity index is 716. The van der Waals surface area contributed by atoms with Crippen LogP contribution in [0.4, 0.5) is 0 Å². The van der Waals surface area contributed by atoms with E-state index in [1.165, 1.54) is 12.1 Å². The second-order valence-corrected chi connectivity index (χ2v) is 10.2. The SMILES string of the molecule is CC1(C)C(OS(=O)(=O)c2ccc(Br)cc2)C(=O)C1C(Cl)(Cl)CCl. The molecule has 0 amide bonds. The van der Waals surface area contributed by atoms with Gasteiger partial charge < -0.3 is 0 Å². The van der Waals surface area contributed by atoms with E-state index in [4.69, 9.17) is 39.0 Å². The molecule has 1 aliphatic rings. The van der Waals surface area contributed by atoms with Crippen LogP contribution >= 0.6 is 50.7 Å². The highest BCUT2D eigenvalue weighted by molar-refractivity contribution is 9.10. The summed E-state index contributed by atoms with van der Waals surface area (Å²) in [6.45, 7) is 3.35. The van der Waals surface area contributed by atoms with Crippen molar-refractivity contribution >= 4 is 66.6 Å². The van der Waals surface area contributed by atoms with Crippen molar-refractivity contribution in [3.63, 3.8) is 0 Å². The van der Waals surface area contributed by atoms with Crippen LogP contribution in [-0.4, -0.2) is 30.5 Å². The number of hydrogen-bond donors (Lipinski definition) is 0. The van der Waals surface area contributed by atoms with Crippen molar-refractivity contribution in [3.8, 4) is 0 Å². The van der Waals surface area contributed by atoms with E-state index in [-0.39, 0.29) is 10.8 Å². The molecule has 23 heavy (non-hydrogen) atoms. The lowest BCUT2D eigenvalue weighted by Crippen LogP contribution is -2.65. The number of halogens is 4. The van der Waals surface area contributed by atoms with E-state index in [2.05, 4.69) is 15.9 Å². The van der Waals surface area contributed by atoms with E-state index >= 15 is 0 Å². The zero-order chi connectivity index (χ0) is 17.6. The Hall–Kier alpha value is 0.150. The predicted molar refractivity (Wildman–Crippen MR) is 93.6 cm³/mol. The van der Waals surface area contributed by atoms with Crippen molar-refractivity contribution in [2.75, 3.05) is 5.88 Å². The average molecular weight is 465 g/mol. The van der Waals surface area contributed by atoms with Crippen LogP contribution in [0.25, 0.3) is 0 Å². The van der Waals surface area contributed by atoms with Gasteiger partial charge in [0.15, 0.2) is 5.78 Å². The first-order valence-electron chi connectivity index (χ1n) is 6.60. The Balaban J connectivity index is 2.25. The maximum absolute atomic E-state index is 12.3. The van der Waals surface area contributed by atoms with Crippen molar-refractivity contribution in [1.29, 1.82) is 0 Å². The molecule has 128 valence electrons. The lowest BCUT2D eigenvalue weighted by molar-refractivity contribution is -0.161. The zero-order valence-electron chi connectivity index (χ0n) is 12.2. The molecule has 0 saturated heterocycles. The molecule has 9 heteroatoms. The number of Topliss-reactive ketones (excluding diaryl/α,β-unsaturated/α-hetero) is 1. The van der Waals surface area contributed by atoms with E-state index in [0.717, 1.165) is 4.47 Å². The summed E-state index contributed by atoms with van der Waals surface area (Å²) in [4.78, 5) is 12.3. The maximum Gasteiger partial charge on any atom is 0.297 e. The van der Waals surface area contributed by atoms with Crippen LogP contribution in [-0.2, 0) is 19.1 Å². The fourth-order valence-electron chi connectivity index (χ4n) is 2.72. The van der Waals surface area contributed by atoms with Gasteiger partial charge >= 0.3 is 0 Å². The molecule has 1 aromatic rings. The second-order valence-electron chi connectivity index (χ2n) is 5.94. The van der Waals surface area contributed by atoms with Gasteiger partial charge in [-0.15, -0.1) is 11.6 Å². The molecule has 1 aromatic carbocycles. The number of carbonyl (C=O) groups is 1. The van der Waals surface area contributed by atoms with Crippen LogP contribution in [0.15, 0.2) is 33.6 Å². The minimum atomic E-state index is -4.08. The largest absolute Gasteiger partial charge is 0.297 e. The second kappa shape index (κ2) is 6.46. The lowest BCUT2D eigenvalue weighted by Gasteiger charge is -2.52. The van der Waals surface area contributed by atoms with Gasteiger partial charge in [0.05, 0.1) is 16.7 Å². The first-order valence-corrected chi connectivity index (χ1v) is 10.1. The zero-order valence-corrected chi connectivity index (χ0v) is 16.9. The Labute approximate surface area is 158 Å². The number of hydrogen-bond acceptors (Lipinski definition) is 4. The quantitative estimate of drug-likeness (QED) is 0.485. The van der Waals surface area contributed by atoms with Gasteiger partial charge in [0.25, 0.3) is 10.1 Å². The molecule has 1 fully saturated rings. The van der Waals surface area contributed by atoms with Gasteiger partial charge in [-0.1, -0.05) is 53.0 Å². The van der Waals surface area contributed by atoms with Crippen LogP contribution in [0.1, 0.15) is 13.8 Å². The van der Waals surface area contributed by atoms with Crippen LogP contribution in [0, 0.1) is 11.3 Å². The van der Waals surface area contributed by atoms with Gasteiger partial charge in [0.2, 0.25) is 0 Å². The molecule has 1 saturated carbocycles. The molecule has 0 aliphatic heterocycles. The van der Waals surface area contributed by atoms with E-state index < -0.39 is 37.7 Å². The van der Waals surface area contributed by atoms with Gasteiger partial charge in [-0.2, -0.15) is 8.42 Å². The van der Waals surface area contributed by atoms with E-state index in [0.29, 0.717) is 0 Å². The third-order valence-corrected chi connectivity index (χ3v) is 7.11. The Morgan fingerprint density at radius 2 is 1.78 bits per heavy atom. The van der Waals surface area contributed by atoms with Crippen molar-refractivity contribution in [3.05, 3.63) is 28.7 Å². The number of rotatable bonds is 5. The van der Waals surface area contributed by atoms with Gasteiger partial charge in [-0.3, -0.25) is 8.98 Å². The van der Waals surface area contributed by atoms with Crippen molar-refractivity contribution in [2.24, 2.45) is 11.3 Å². The Morgan fingerprint density at radius 3 is 2.22 bits per heavy atom. The number of ketones is 1. The van der Waals surface area contributed by atoms with Gasteiger partial charge in [-0.25, -0.2) is 0 Å². The Morgan fingerprint density at radius 1 is 1.26 bits per heavy atom. The average Bonchev–Trinajstić information content (AvgIpc) is 2.45. The molecule has 0 bridgehead atoms. The minimum Gasteiger partial charge on any atom is -0.296 e. The third kappa shape index (κ3) is 3.58. The summed E-state index contributed by atoms with van der Waals surface area (Å²) in [6.07, 6.45) is -1.15. The first kappa shape index (κ1) is 19.5. The first-order chi connectivity index (χ1) is 10.4. The highest BCUT2D eigenvalue weighted by Gasteiger charge is 2.65. The molecule has 2 atom stereocenters. The van der Waals surface area contributed by atoms with Crippen LogP contribution < -0.4 is 0 Å². The minimum absolute atomic E-state index is 0.0342. The summed E-state index contributed by atoms with van der Waals surface area (Å²) < 4.78 is 29.1. The summed E-state index contributed by atoms with van der Waals surface area (Å²) in [5.74, 6) is -1.43. The van der Waals surface area contributed by atoms with Crippen LogP contribution in [0.2, 0.25) is 0 Å². The molecule has 2 unspecified atom stereocenters. The fraction of sp³-hybridized carbons (Fsp3) is 0.500. The van der Waals surface area contributed by atoms with E-state index in [1.54, 1.807) is 26.0 Å². The predicted octanol–water partition coefficient (Wildman–Crippen LogP) is 4.16. The molecule has 0 radical (unpaired) electrons. The monoisotopic (exact) mass is 462 g/mol. The van der Waals surface area contributed by atoms with Crippen molar-refractivity contribution in [1.82, 2.24) is 0 Å². The highest BCUT2D eigenvalue weighted by atomic mass is 79.9. The molecule has 4 nitrogen and oxygen atoms in total. The molecular weight excluding hydrogens is 450 g/mol. The molecule has 2 rings (SSSR count). The highest BCUT2D eigenvalue weighted by Crippen LogP contribution is 2.55. The fourth-order valence-corrected chi connectivity index (χ4v) is 5.10. The molecule has 0 aromatic heterocycles. The van der Waals surface area contributed by atoms with Crippen molar-refractivity contribution < 1.29 is 17.4 Å². The summed E-state index contributed by atoms with van der Waals surface area (Å²) in [7, 11) is -4.08. The summed E-state index contributed by atoms with van der Waals surface area (Å²) >= 11 is 21.1. The Kier molecular flexibility index (Phi) is 5.47. The smallest absolute Gasteiger partial charge is 0.296 e. The topological polar surface area (TPSA) is 60.4 Å². The number of alkyl halides is 3. The van der Waals surface area contributed by atoms with Crippen molar-refractivity contribution in [2.45, 2.75) is 29.2 Å². The maximum atomic E-state index is 12.3. The van der Waals surface area contributed by atoms with Crippen LogP contribution in [0.5, 0.6) is 0 Å². The molecule has 0 spiro atoms. The number of carbonyl (C=O) groups excluding carboxylic acids is 1. The van der Waals surface area contributed by atoms with E-state index in [9.17, 15) is 13.2 Å². The summed E-state index contributed by atoms with van der Waals surface area (Å²) in [5, 5.41) is 0. The van der Waals surface area contributed by atoms with Gasteiger partial charge in [0.1, 0.15) is 10.4 Å². The summed E-state index contributed by atoms with van der Waals surface area (Å²) in [6, 6.07) is 5.92. The van der Waals surface area contributed by atoms with Gasteiger partial charge in [0, 0.05) is 9.89 Å². The number of benzene rings is 1. The lowest BCUT2D eigenvalue weighted by atomic mass is 9.58. The van der Waals surface area contributed by atoms with Crippen LogP contribution in [0.3, 0.4) is 0 Å². The summed E-state index contributed by atoms with van der Waals surface area (Å²) in [5.41, 5.74) is -0.863. The van der Waals surface area contributed by atoms with Gasteiger partial charge in [-0.05, 0) is 24.3 Å². The standard InChI is InChI=1S/C14H14BrCl3O4S/c1-13(2)11(14(17,18)7-16)10(19)12(13)22-23(20,21)9-5-3-8(15)4-6-9/h3-6,11-12H,7H2,1-2H3. The molecular formula is C14H14BrCl3O4S. The third-order valence-electron chi connectivity index (χ3n) is 3.89.